The Balaban J connectivity index is 1.66. The highest BCUT2D eigenvalue weighted by Gasteiger charge is 2.17. The molecule has 2 heterocycles. The number of para-hydroxylation sites is 2. The minimum atomic E-state index is -0.331. The molecule has 0 spiro atoms. The first-order valence-corrected chi connectivity index (χ1v) is 9.55. The van der Waals surface area contributed by atoms with Crippen molar-refractivity contribution in [2.75, 3.05) is 18.7 Å². The van der Waals surface area contributed by atoms with Gasteiger partial charge in [-0.2, -0.15) is 0 Å². The molecule has 0 saturated heterocycles. The predicted octanol–water partition coefficient (Wildman–Crippen LogP) is 5.03. The molecule has 25 heavy (non-hydrogen) atoms. The third-order valence-corrected chi connectivity index (χ3v) is 5.48. The smallest absolute Gasteiger partial charge is 0.293 e. The molecule has 0 aliphatic carbocycles. The van der Waals surface area contributed by atoms with E-state index >= 15 is 0 Å². The summed E-state index contributed by atoms with van der Waals surface area (Å²) in [5.74, 6) is 0.494. The second-order valence-corrected chi connectivity index (χ2v) is 7.15. The zero-order valence-electron chi connectivity index (χ0n) is 13.5. The van der Waals surface area contributed by atoms with Gasteiger partial charge in [0, 0.05) is 10.3 Å². The maximum Gasteiger partial charge on any atom is 0.293 e. The number of benzene rings is 2. The summed E-state index contributed by atoms with van der Waals surface area (Å²) in [5.41, 5.74) is 1.46. The Kier molecular flexibility index (Phi) is 4.10. The Hall–Kier alpha value is -2.51. The number of carbonyl (C=O) groups is 1. The van der Waals surface area contributed by atoms with Gasteiger partial charge in [0.2, 0.25) is 0 Å². The Morgan fingerprint density at radius 1 is 1.28 bits per heavy atom. The van der Waals surface area contributed by atoms with Gasteiger partial charge < -0.3 is 9.15 Å². The molecule has 0 radical (unpaired) electrons. The van der Waals surface area contributed by atoms with Crippen molar-refractivity contribution < 1.29 is 13.9 Å². The average molecular weight is 370 g/mol. The number of nitrogens with zero attached hydrogens (tertiary/aromatic N) is 1. The molecule has 0 saturated carbocycles. The monoisotopic (exact) mass is 370 g/mol. The zero-order valence-corrected chi connectivity index (χ0v) is 15.2. The van der Waals surface area contributed by atoms with Crippen LogP contribution in [0.3, 0.4) is 0 Å². The number of methoxy groups -OCH3 is 1. The van der Waals surface area contributed by atoms with E-state index in [1.165, 1.54) is 11.3 Å². The molecule has 0 fully saturated rings. The molecule has 0 aliphatic heterocycles. The molecule has 0 aliphatic rings. The van der Waals surface area contributed by atoms with Crippen LogP contribution in [0.4, 0.5) is 5.13 Å². The minimum absolute atomic E-state index is 0.226. The van der Waals surface area contributed by atoms with E-state index in [0.717, 1.165) is 20.5 Å². The van der Waals surface area contributed by atoms with E-state index in [2.05, 4.69) is 10.3 Å². The highest BCUT2D eigenvalue weighted by molar-refractivity contribution is 7.98. The number of thiazole rings is 1. The molecule has 2 aromatic carbocycles. The topological polar surface area (TPSA) is 64.4 Å². The summed E-state index contributed by atoms with van der Waals surface area (Å²) in [6.07, 6.45) is 2.01. The first-order chi connectivity index (χ1) is 12.2. The lowest BCUT2D eigenvalue weighted by atomic mass is 10.2. The van der Waals surface area contributed by atoms with Crippen molar-refractivity contribution in [2.45, 2.75) is 4.90 Å². The van der Waals surface area contributed by atoms with Crippen molar-refractivity contribution in [3.8, 4) is 5.75 Å². The highest BCUT2D eigenvalue weighted by atomic mass is 32.2. The van der Waals surface area contributed by atoms with Gasteiger partial charge in [0.05, 0.1) is 17.3 Å². The average Bonchev–Trinajstić information content (AvgIpc) is 3.24. The molecule has 2 aromatic heterocycles. The van der Waals surface area contributed by atoms with Crippen LogP contribution in [0, 0.1) is 0 Å². The van der Waals surface area contributed by atoms with Gasteiger partial charge in [0.1, 0.15) is 0 Å². The number of carbonyl (C=O) groups excluding carboxylic acids is 1. The van der Waals surface area contributed by atoms with E-state index in [9.17, 15) is 4.79 Å². The van der Waals surface area contributed by atoms with Gasteiger partial charge in [-0.3, -0.25) is 10.1 Å². The minimum Gasteiger partial charge on any atom is -0.493 e. The SMILES string of the molecule is COc1cccc2cc(C(=O)Nc3nc4c(SC)cccc4s3)oc12. The third-order valence-electron chi connectivity index (χ3n) is 3.77. The van der Waals surface area contributed by atoms with E-state index in [4.69, 9.17) is 9.15 Å². The molecule has 0 atom stereocenters. The number of furan rings is 1. The number of thioether (sulfide) groups is 1. The van der Waals surface area contributed by atoms with Gasteiger partial charge in [0.25, 0.3) is 5.91 Å². The van der Waals surface area contributed by atoms with Crippen molar-refractivity contribution >= 4 is 55.3 Å². The quantitative estimate of drug-likeness (QED) is 0.511. The molecule has 4 rings (SSSR count). The van der Waals surface area contributed by atoms with Crippen LogP contribution in [0.25, 0.3) is 21.2 Å². The Labute approximate surface area is 152 Å². The third kappa shape index (κ3) is 2.85. The van der Waals surface area contributed by atoms with Crippen molar-refractivity contribution in [1.82, 2.24) is 4.98 Å². The molecule has 0 unspecified atom stereocenters. The number of hydrogen-bond donors (Lipinski definition) is 1. The summed E-state index contributed by atoms with van der Waals surface area (Å²) in [5, 5.41) is 4.19. The second kappa shape index (κ2) is 6.42. The molecule has 1 N–H and O–H groups in total. The summed E-state index contributed by atoms with van der Waals surface area (Å²) in [4.78, 5) is 18.2. The van der Waals surface area contributed by atoms with Gasteiger partial charge in [-0.25, -0.2) is 4.98 Å². The van der Waals surface area contributed by atoms with E-state index in [1.807, 2.05) is 36.6 Å². The number of aromatic nitrogens is 1. The van der Waals surface area contributed by atoms with Gasteiger partial charge in [-0.1, -0.05) is 29.5 Å². The van der Waals surface area contributed by atoms with Crippen LogP contribution >= 0.6 is 23.1 Å². The summed E-state index contributed by atoms with van der Waals surface area (Å²) < 4.78 is 12.0. The van der Waals surface area contributed by atoms with E-state index < -0.39 is 0 Å². The zero-order chi connectivity index (χ0) is 17.4. The van der Waals surface area contributed by atoms with E-state index in [0.29, 0.717) is 16.5 Å². The molecule has 4 aromatic rings. The summed E-state index contributed by atoms with van der Waals surface area (Å²) >= 11 is 3.07. The van der Waals surface area contributed by atoms with Crippen molar-refractivity contribution in [2.24, 2.45) is 0 Å². The Morgan fingerprint density at radius 2 is 2.12 bits per heavy atom. The number of hydrogen-bond acceptors (Lipinski definition) is 6. The van der Waals surface area contributed by atoms with Crippen LogP contribution in [-0.2, 0) is 0 Å². The Morgan fingerprint density at radius 3 is 2.92 bits per heavy atom. The van der Waals surface area contributed by atoms with Crippen LogP contribution in [-0.4, -0.2) is 24.3 Å². The second-order valence-electron chi connectivity index (χ2n) is 5.27. The van der Waals surface area contributed by atoms with Crippen LogP contribution in [0.1, 0.15) is 10.6 Å². The fraction of sp³-hybridized carbons (Fsp3) is 0.111. The molecule has 5 nitrogen and oxygen atoms in total. The van der Waals surface area contributed by atoms with Crippen LogP contribution in [0.2, 0.25) is 0 Å². The van der Waals surface area contributed by atoms with E-state index in [1.54, 1.807) is 31.0 Å². The van der Waals surface area contributed by atoms with Gasteiger partial charge in [-0.05, 0) is 30.5 Å². The molecule has 0 bridgehead atoms. The Bertz CT molecular complexity index is 1080. The lowest BCUT2D eigenvalue weighted by molar-refractivity contribution is 0.0998. The fourth-order valence-electron chi connectivity index (χ4n) is 2.61. The lowest BCUT2D eigenvalue weighted by Gasteiger charge is -1.99. The maximum absolute atomic E-state index is 12.5. The number of fused-ring (bicyclic) bond motifs is 2. The maximum atomic E-state index is 12.5. The fourth-order valence-corrected chi connectivity index (χ4v) is 4.13. The van der Waals surface area contributed by atoms with Crippen LogP contribution in [0.5, 0.6) is 5.75 Å². The van der Waals surface area contributed by atoms with Crippen molar-refractivity contribution in [3.05, 3.63) is 48.2 Å². The molecule has 1 amide bonds. The number of ether oxygens (including phenoxy) is 1. The molecule has 7 heteroatoms. The number of anilines is 1. The number of rotatable bonds is 4. The standard InChI is InChI=1S/C18H14N2O3S2/c1-22-11-6-3-5-10-9-12(23-16(10)11)17(21)20-18-19-15-13(24-2)7-4-8-14(15)25-18/h3-9H,1-2H3,(H,19,20,21). The molecule has 126 valence electrons. The first-order valence-electron chi connectivity index (χ1n) is 7.51. The predicted molar refractivity (Wildman–Crippen MR) is 102 cm³/mol. The first kappa shape index (κ1) is 16.0. The van der Waals surface area contributed by atoms with E-state index in [-0.39, 0.29) is 11.7 Å². The highest BCUT2D eigenvalue weighted by Crippen LogP contribution is 2.33. The summed E-state index contributed by atoms with van der Waals surface area (Å²) in [7, 11) is 1.57. The van der Waals surface area contributed by atoms with Gasteiger partial charge in [-0.15, -0.1) is 11.8 Å². The van der Waals surface area contributed by atoms with Crippen molar-refractivity contribution in [1.29, 1.82) is 0 Å². The van der Waals surface area contributed by atoms with Crippen molar-refractivity contribution in [3.63, 3.8) is 0 Å². The van der Waals surface area contributed by atoms with Gasteiger partial charge >= 0.3 is 0 Å². The number of amides is 1. The number of nitrogens with one attached hydrogen (secondary N) is 1. The lowest BCUT2D eigenvalue weighted by Crippen LogP contribution is -2.10. The largest absolute Gasteiger partial charge is 0.493 e. The normalized spacial score (nSPS) is 11.1. The van der Waals surface area contributed by atoms with Gasteiger partial charge in [0.15, 0.2) is 22.2 Å². The molecular formula is C18H14N2O3S2. The molecular weight excluding hydrogens is 356 g/mol. The summed E-state index contributed by atoms with van der Waals surface area (Å²) in [6, 6.07) is 13.2. The van der Waals surface area contributed by atoms with Crippen LogP contribution < -0.4 is 10.1 Å². The summed E-state index contributed by atoms with van der Waals surface area (Å²) in [6.45, 7) is 0. The van der Waals surface area contributed by atoms with Crippen LogP contribution in [0.15, 0.2) is 51.8 Å².